The molecule has 0 saturated carbocycles. The van der Waals surface area contributed by atoms with Crippen LogP contribution in [0.5, 0.6) is 0 Å². The lowest BCUT2D eigenvalue weighted by molar-refractivity contribution is -0.116. The van der Waals surface area contributed by atoms with Gasteiger partial charge in [-0.1, -0.05) is 6.92 Å². The Morgan fingerprint density at radius 1 is 1.03 bits per heavy atom. The van der Waals surface area contributed by atoms with Crippen LogP contribution in [0.4, 0.5) is 5.69 Å². The number of piperazine rings is 1. The van der Waals surface area contributed by atoms with Crippen molar-refractivity contribution in [3.8, 4) is 0 Å². The predicted molar refractivity (Wildman–Crippen MR) is 122 cm³/mol. The molecule has 2 aliphatic heterocycles. The van der Waals surface area contributed by atoms with Crippen molar-refractivity contribution in [3.05, 3.63) is 41.0 Å². The van der Waals surface area contributed by atoms with Crippen molar-refractivity contribution in [3.63, 3.8) is 0 Å². The van der Waals surface area contributed by atoms with Gasteiger partial charge in [0.25, 0.3) is 11.8 Å². The molecule has 2 heterocycles. The Labute approximate surface area is 183 Å². The zero-order valence-corrected chi connectivity index (χ0v) is 18.5. The standard InChI is InChI=1S/C22H32N4O3S/c1-2-9-25-11-13-26(14-12-25)10-3-8-23-21(27)18-4-6-19(7-5-18)24-22(28)20-17-30-16-15-29-20/h4-7,17H,2-3,8-16H2,1H3,(H,23,27)(H,24,28). The first-order chi connectivity index (χ1) is 14.7. The average molecular weight is 433 g/mol. The summed E-state index contributed by atoms with van der Waals surface area (Å²) < 4.78 is 5.35. The number of amides is 2. The normalized spacial score (nSPS) is 17.7. The molecule has 1 saturated heterocycles. The van der Waals surface area contributed by atoms with E-state index in [1.807, 2.05) is 0 Å². The van der Waals surface area contributed by atoms with Gasteiger partial charge in [0, 0.05) is 55.1 Å². The maximum absolute atomic E-state index is 12.3. The van der Waals surface area contributed by atoms with Crippen LogP contribution in [0.1, 0.15) is 30.1 Å². The van der Waals surface area contributed by atoms with Crippen LogP contribution in [0.3, 0.4) is 0 Å². The Morgan fingerprint density at radius 3 is 2.37 bits per heavy atom. The van der Waals surface area contributed by atoms with E-state index < -0.39 is 0 Å². The molecule has 8 heteroatoms. The maximum Gasteiger partial charge on any atom is 0.291 e. The van der Waals surface area contributed by atoms with Gasteiger partial charge in [-0.05, 0) is 50.2 Å². The number of hydrogen-bond acceptors (Lipinski definition) is 6. The van der Waals surface area contributed by atoms with Crippen LogP contribution in [0, 0.1) is 0 Å². The molecule has 3 rings (SSSR count). The van der Waals surface area contributed by atoms with Gasteiger partial charge in [-0.15, -0.1) is 11.8 Å². The van der Waals surface area contributed by atoms with Crippen molar-refractivity contribution in [2.75, 3.05) is 63.5 Å². The van der Waals surface area contributed by atoms with Crippen LogP contribution < -0.4 is 10.6 Å². The van der Waals surface area contributed by atoms with Gasteiger partial charge in [0.2, 0.25) is 0 Å². The van der Waals surface area contributed by atoms with E-state index in [1.165, 1.54) is 13.0 Å². The number of carbonyl (C=O) groups is 2. The van der Waals surface area contributed by atoms with Gasteiger partial charge in [0.1, 0.15) is 0 Å². The third-order valence-electron chi connectivity index (χ3n) is 5.22. The Balaban J connectivity index is 1.34. The van der Waals surface area contributed by atoms with Crippen molar-refractivity contribution in [1.82, 2.24) is 15.1 Å². The molecule has 7 nitrogen and oxygen atoms in total. The minimum Gasteiger partial charge on any atom is -0.487 e. The number of nitrogens with one attached hydrogen (secondary N) is 2. The third-order valence-corrected chi connectivity index (χ3v) is 6.00. The largest absolute Gasteiger partial charge is 0.487 e. The van der Waals surface area contributed by atoms with Gasteiger partial charge in [-0.3, -0.25) is 9.59 Å². The SMILES string of the molecule is CCCN1CCN(CCCNC(=O)c2ccc(NC(=O)C3=CSCCO3)cc2)CC1. The molecule has 0 spiro atoms. The van der Waals surface area contributed by atoms with Crippen molar-refractivity contribution in [2.24, 2.45) is 0 Å². The fourth-order valence-electron chi connectivity index (χ4n) is 3.54. The van der Waals surface area contributed by atoms with E-state index in [1.54, 1.807) is 41.4 Å². The Hall–Kier alpha value is -2.03. The fourth-order valence-corrected chi connectivity index (χ4v) is 4.17. The summed E-state index contributed by atoms with van der Waals surface area (Å²) >= 11 is 1.56. The molecule has 0 unspecified atom stereocenters. The zero-order chi connectivity index (χ0) is 21.2. The molecule has 0 atom stereocenters. The molecule has 0 bridgehead atoms. The van der Waals surface area contributed by atoms with Crippen molar-refractivity contribution < 1.29 is 14.3 Å². The lowest BCUT2D eigenvalue weighted by Crippen LogP contribution is -2.47. The summed E-state index contributed by atoms with van der Waals surface area (Å²) in [5.74, 6) is 0.834. The van der Waals surface area contributed by atoms with Gasteiger partial charge in [-0.25, -0.2) is 0 Å². The summed E-state index contributed by atoms with van der Waals surface area (Å²) in [6, 6.07) is 6.92. The second-order valence-electron chi connectivity index (χ2n) is 7.53. The number of anilines is 1. The molecular formula is C22H32N4O3S. The number of carbonyl (C=O) groups excluding carboxylic acids is 2. The average Bonchev–Trinajstić information content (AvgIpc) is 2.79. The van der Waals surface area contributed by atoms with E-state index in [0.29, 0.717) is 30.2 Å². The van der Waals surface area contributed by atoms with E-state index in [-0.39, 0.29) is 11.8 Å². The Bertz CT molecular complexity index is 730. The van der Waals surface area contributed by atoms with Crippen LogP contribution in [0.2, 0.25) is 0 Å². The Morgan fingerprint density at radius 2 is 1.73 bits per heavy atom. The number of thioether (sulfide) groups is 1. The summed E-state index contributed by atoms with van der Waals surface area (Å²) in [5.41, 5.74) is 1.23. The van der Waals surface area contributed by atoms with Gasteiger partial charge in [0.05, 0.1) is 6.61 Å². The monoisotopic (exact) mass is 432 g/mol. The van der Waals surface area contributed by atoms with E-state index in [4.69, 9.17) is 4.74 Å². The highest BCUT2D eigenvalue weighted by Gasteiger charge is 2.16. The van der Waals surface area contributed by atoms with Gasteiger partial charge in [-0.2, -0.15) is 0 Å². The van der Waals surface area contributed by atoms with Crippen LogP contribution in [0.15, 0.2) is 35.4 Å². The van der Waals surface area contributed by atoms with Gasteiger partial charge in [0.15, 0.2) is 5.76 Å². The van der Waals surface area contributed by atoms with E-state index >= 15 is 0 Å². The lowest BCUT2D eigenvalue weighted by atomic mass is 10.2. The second kappa shape index (κ2) is 12.0. The van der Waals surface area contributed by atoms with Crippen LogP contribution in [-0.4, -0.2) is 79.8 Å². The fraction of sp³-hybridized carbons (Fsp3) is 0.545. The van der Waals surface area contributed by atoms with Gasteiger partial charge >= 0.3 is 0 Å². The molecule has 2 N–H and O–H groups in total. The van der Waals surface area contributed by atoms with Crippen molar-refractivity contribution in [2.45, 2.75) is 19.8 Å². The molecule has 2 aliphatic rings. The minimum absolute atomic E-state index is 0.0876. The molecular weight excluding hydrogens is 400 g/mol. The Kier molecular flexibility index (Phi) is 9.04. The van der Waals surface area contributed by atoms with E-state index in [2.05, 4.69) is 27.4 Å². The number of ether oxygens (including phenoxy) is 1. The predicted octanol–water partition coefficient (Wildman–Crippen LogP) is 2.38. The first kappa shape index (κ1) is 22.7. The summed E-state index contributed by atoms with van der Waals surface area (Å²) in [7, 11) is 0. The third kappa shape index (κ3) is 7.04. The highest BCUT2D eigenvalue weighted by Crippen LogP contribution is 2.17. The highest BCUT2D eigenvalue weighted by atomic mass is 32.2. The molecule has 164 valence electrons. The first-order valence-corrected chi connectivity index (χ1v) is 11.8. The molecule has 1 fully saturated rings. The number of benzene rings is 1. The maximum atomic E-state index is 12.3. The summed E-state index contributed by atoms with van der Waals surface area (Å²) in [6.45, 7) is 10.1. The van der Waals surface area contributed by atoms with Crippen LogP contribution in [0.25, 0.3) is 0 Å². The molecule has 2 amide bonds. The summed E-state index contributed by atoms with van der Waals surface area (Å²) in [6.07, 6.45) is 2.16. The van der Waals surface area contributed by atoms with E-state index in [0.717, 1.165) is 44.9 Å². The van der Waals surface area contributed by atoms with E-state index in [9.17, 15) is 9.59 Å². The zero-order valence-electron chi connectivity index (χ0n) is 17.7. The highest BCUT2D eigenvalue weighted by molar-refractivity contribution is 8.02. The van der Waals surface area contributed by atoms with Gasteiger partial charge < -0.3 is 25.2 Å². The topological polar surface area (TPSA) is 73.9 Å². The molecule has 0 aliphatic carbocycles. The van der Waals surface area contributed by atoms with Crippen molar-refractivity contribution >= 4 is 29.3 Å². The molecule has 30 heavy (non-hydrogen) atoms. The van der Waals surface area contributed by atoms with Crippen LogP contribution in [-0.2, 0) is 9.53 Å². The summed E-state index contributed by atoms with van der Waals surface area (Å²) in [5, 5.41) is 7.50. The number of hydrogen-bond donors (Lipinski definition) is 2. The molecule has 1 aromatic rings. The number of rotatable bonds is 9. The molecule has 1 aromatic carbocycles. The summed E-state index contributed by atoms with van der Waals surface area (Å²) in [4.78, 5) is 29.5. The van der Waals surface area contributed by atoms with Crippen LogP contribution >= 0.6 is 11.8 Å². The smallest absolute Gasteiger partial charge is 0.291 e. The molecule has 0 radical (unpaired) electrons. The minimum atomic E-state index is -0.269. The second-order valence-corrected chi connectivity index (χ2v) is 8.50. The quantitative estimate of drug-likeness (QED) is 0.584. The van der Waals surface area contributed by atoms with Crippen molar-refractivity contribution in [1.29, 1.82) is 0 Å². The number of nitrogens with zero attached hydrogens (tertiary/aromatic N) is 2. The lowest BCUT2D eigenvalue weighted by Gasteiger charge is -2.34. The molecule has 0 aromatic heterocycles. The first-order valence-electron chi connectivity index (χ1n) is 10.7.